The van der Waals surface area contributed by atoms with Crippen LogP contribution in [0.25, 0.3) is 0 Å². The summed E-state index contributed by atoms with van der Waals surface area (Å²) in [5, 5.41) is 8.29. The van der Waals surface area contributed by atoms with Gasteiger partial charge in [-0.1, -0.05) is 6.92 Å². The first kappa shape index (κ1) is 9.95. The van der Waals surface area contributed by atoms with E-state index >= 15 is 0 Å². The van der Waals surface area contributed by atoms with Gasteiger partial charge in [0, 0.05) is 19.7 Å². The van der Waals surface area contributed by atoms with Crippen LogP contribution < -0.4 is 0 Å². The Hall–Kier alpha value is -0.130. The Balaban J connectivity index is 2.71. The lowest BCUT2D eigenvalue weighted by Gasteiger charge is -2.13. The van der Waals surface area contributed by atoms with E-state index in [9.17, 15) is 8.42 Å². The van der Waals surface area contributed by atoms with Crippen molar-refractivity contribution in [3.05, 3.63) is 0 Å². The molecule has 1 atom stereocenters. The molecule has 0 saturated carbocycles. The van der Waals surface area contributed by atoms with E-state index in [2.05, 4.69) is 0 Å². The van der Waals surface area contributed by atoms with Crippen LogP contribution in [-0.4, -0.2) is 42.8 Å². The van der Waals surface area contributed by atoms with Gasteiger partial charge in [0.25, 0.3) is 0 Å². The lowest BCUT2D eigenvalue weighted by molar-refractivity contribution is 0.285. The number of aliphatic hydroxyl groups excluding tert-OH is 1. The van der Waals surface area contributed by atoms with Gasteiger partial charge in [-0.15, -0.1) is 0 Å². The van der Waals surface area contributed by atoms with Crippen molar-refractivity contribution in [3.8, 4) is 0 Å². The van der Waals surface area contributed by atoms with Crippen LogP contribution in [-0.2, 0) is 10.0 Å². The lowest BCUT2D eigenvalue weighted by Crippen LogP contribution is -2.29. The molecule has 1 fully saturated rings. The van der Waals surface area contributed by atoms with Gasteiger partial charge in [0.15, 0.2) is 0 Å². The van der Waals surface area contributed by atoms with Gasteiger partial charge in [0.1, 0.15) is 0 Å². The molecule has 1 aliphatic rings. The summed E-state index contributed by atoms with van der Waals surface area (Å²) in [5.74, 6) is 0. The van der Waals surface area contributed by atoms with Gasteiger partial charge in [-0.25, -0.2) is 12.7 Å². The second-order valence-corrected chi connectivity index (χ2v) is 5.17. The van der Waals surface area contributed by atoms with Crippen molar-refractivity contribution in [2.24, 2.45) is 0 Å². The van der Waals surface area contributed by atoms with E-state index in [0.29, 0.717) is 25.9 Å². The van der Waals surface area contributed by atoms with Crippen LogP contribution in [0.4, 0.5) is 0 Å². The highest BCUT2D eigenvalue weighted by Gasteiger charge is 2.36. The second kappa shape index (κ2) is 3.72. The third-order valence-corrected chi connectivity index (χ3v) is 4.76. The summed E-state index contributed by atoms with van der Waals surface area (Å²) in [6.07, 6.45) is 1.04. The third kappa shape index (κ3) is 1.62. The summed E-state index contributed by atoms with van der Waals surface area (Å²) in [4.78, 5) is 0. The van der Waals surface area contributed by atoms with Gasteiger partial charge >= 0.3 is 0 Å². The number of sulfonamides is 1. The summed E-state index contributed by atoms with van der Waals surface area (Å²) >= 11 is 0. The normalized spacial score (nSPS) is 29.3. The van der Waals surface area contributed by atoms with Crippen LogP contribution in [0.2, 0.25) is 0 Å². The van der Waals surface area contributed by atoms with Gasteiger partial charge in [0.05, 0.1) is 5.25 Å². The molecule has 0 aliphatic carbocycles. The molecule has 5 heteroatoms. The van der Waals surface area contributed by atoms with Gasteiger partial charge in [-0.05, 0) is 12.8 Å². The highest BCUT2D eigenvalue weighted by Crippen LogP contribution is 2.23. The molecule has 0 bridgehead atoms. The quantitative estimate of drug-likeness (QED) is 0.675. The average molecular weight is 193 g/mol. The Bertz CT molecular complexity index is 237. The molecular formula is C7H15NO3S. The first-order valence-corrected chi connectivity index (χ1v) is 5.73. The second-order valence-electron chi connectivity index (χ2n) is 2.96. The van der Waals surface area contributed by atoms with E-state index in [1.54, 1.807) is 0 Å². The molecule has 1 unspecified atom stereocenters. The summed E-state index contributed by atoms with van der Waals surface area (Å²) in [6.45, 7) is 2.95. The maximum absolute atomic E-state index is 11.5. The molecular weight excluding hydrogens is 178 g/mol. The van der Waals surface area contributed by atoms with Gasteiger partial charge in [0.2, 0.25) is 10.0 Å². The van der Waals surface area contributed by atoms with Gasteiger partial charge < -0.3 is 5.11 Å². The molecule has 0 radical (unpaired) electrons. The van der Waals surface area contributed by atoms with Crippen molar-refractivity contribution >= 4 is 10.0 Å². The number of nitrogens with zero attached hydrogens (tertiary/aromatic N) is 1. The summed E-state index contributed by atoms with van der Waals surface area (Å²) in [7, 11) is -3.07. The molecule has 0 aromatic rings. The van der Waals surface area contributed by atoms with E-state index in [1.807, 2.05) is 6.92 Å². The first-order chi connectivity index (χ1) is 5.62. The lowest BCUT2D eigenvalue weighted by atomic mass is 10.2. The van der Waals surface area contributed by atoms with Crippen molar-refractivity contribution in [1.29, 1.82) is 0 Å². The monoisotopic (exact) mass is 193 g/mol. The molecule has 0 amide bonds. The molecule has 0 aromatic heterocycles. The highest BCUT2D eigenvalue weighted by atomic mass is 32.2. The highest BCUT2D eigenvalue weighted by molar-refractivity contribution is 7.90. The van der Waals surface area contributed by atoms with Crippen molar-refractivity contribution < 1.29 is 13.5 Å². The largest absolute Gasteiger partial charge is 0.396 e. The third-order valence-electron chi connectivity index (χ3n) is 2.29. The Kier molecular flexibility index (Phi) is 3.09. The fourth-order valence-electron chi connectivity index (χ4n) is 1.55. The predicted octanol–water partition coefficient (Wildman–Crippen LogP) is -0.207. The maximum Gasteiger partial charge on any atom is 0.217 e. The summed E-state index contributed by atoms with van der Waals surface area (Å²) in [6, 6.07) is 0. The molecule has 0 spiro atoms. The summed E-state index contributed by atoms with van der Waals surface area (Å²) < 4.78 is 24.5. The molecule has 1 heterocycles. The first-order valence-electron chi connectivity index (χ1n) is 4.22. The minimum Gasteiger partial charge on any atom is -0.396 e. The molecule has 0 aromatic carbocycles. The van der Waals surface area contributed by atoms with Crippen molar-refractivity contribution in [3.63, 3.8) is 0 Å². The maximum atomic E-state index is 11.5. The van der Waals surface area contributed by atoms with E-state index in [0.717, 1.165) is 0 Å². The van der Waals surface area contributed by atoms with E-state index in [4.69, 9.17) is 5.11 Å². The van der Waals surface area contributed by atoms with Crippen molar-refractivity contribution in [2.75, 3.05) is 19.7 Å². The molecule has 1 rings (SSSR count). The van der Waals surface area contributed by atoms with Crippen molar-refractivity contribution in [2.45, 2.75) is 25.0 Å². The standard InChI is InChI=1S/C7H15NO3S/c1-2-8-5-3-7(4-6-9)12(8,10)11/h7,9H,2-6H2,1H3. The zero-order valence-corrected chi connectivity index (χ0v) is 8.05. The van der Waals surface area contributed by atoms with Crippen LogP contribution in [0, 0.1) is 0 Å². The van der Waals surface area contributed by atoms with Crippen molar-refractivity contribution in [1.82, 2.24) is 4.31 Å². The molecule has 4 nitrogen and oxygen atoms in total. The van der Waals surface area contributed by atoms with Crippen LogP contribution >= 0.6 is 0 Å². The van der Waals surface area contributed by atoms with Crippen LogP contribution in [0.5, 0.6) is 0 Å². The fraction of sp³-hybridized carbons (Fsp3) is 1.00. The SMILES string of the molecule is CCN1CCC(CCO)S1(=O)=O. The zero-order chi connectivity index (χ0) is 9.19. The summed E-state index contributed by atoms with van der Waals surface area (Å²) in [5.41, 5.74) is 0. The number of hydrogen-bond acceptors (Lipinski definition) is 3. The minimum absolute atomic E-state index is 0.0402. The Morgan fingerprint density at radius 3 is 2.67 bits per heavy atom. The Morgan fingerprint density at radius 1 is 1.58 bits per heavy atom. The van der Waals surface area contributed by atoms with Crippen LogP contribution in [0.3, 0.4) is 0 Å². The Morgan fingerprint density at radius 2 is 2.25 bits per heavy atom. The number of rotatable bonds is 3. The van der Waals surface area contributed by atoms with Gasteiger partial charge in [-0.3, -0.25) is 0 Å². The average Bonchev–Trinajstić information content (AvgIpc) is 2.28. The van der Waals surface area contributed by atoms with Crippen LogP contribution in [0.15, 0.2) is 0 Å². The van der Waals surface area contributed by atoms with E-state index in [-0.39, 0.29) is 11.9 Å². The smallest absolute Gasteiger partial charge is 0.217 e. The van der Waals surface area contributed by atoms with E-state index < -0.39 is 10.0 Å². The van der Waals surface area contributed by atoms with Gasteiger partial charge in [-0.2, -0.15) is 0 Å². The molecule has 72 valence electrons. The molecule has 1 N–H and O–H groups in total. The topological polar surface area (TPSA) is 57.6 Å². The molecule has 1 aliphatic heterocycles. The van der Waals surface area contributed by atoms with E-state index in [1.165, 1.54) is 4.31 Å². The minimum atomic E-state index is -3.07. The molecule has 1 saturated heterocycles. The molecule has 12 heavy (non-hydrogen) atoms. The number of hydrogen-bond donors (Lipinski definition) is 1. The fourth-order valence-corrected chi connectivity index (χ4v) is 3.50. The predicted molar refractivity (Wildman–Crippen MR) is 46.3 cm³/mol. The Labute approximate surface area is 73.2 Å². The zero-order valence-electron chi connectivity index (χ0n) is 7.23. The number of aliphatic hydroxyl groups is 1. The van der Waals surface area contributed by atoms with Crippen LogP contribution in [0.1, 0.15) is 19.8 Å².